The van der Waals surface area contributed by atoms with Crippen molar-refractivity contribution in [2.45, 2.75) is 19.1 Å². The molecule has 122 valence electrons. The smallest absolute Gasteiger partial charge is 0.326 e. The molecule has 0 aliphatic heterocycles. The Morgan fingerprint density at radius 3 is 2.52 bits per heavy atom. The normalized spacial score (nSPS) is 11.3. The average molecular weight is 322 g/mol. The molecule has 0 heterocycles. The van der Waals surface area contributed by atoms with Gasteiger partial charge in [-0.1, -0.05) is 30.3 Å². The highest BCUT2D eigenvalue weighted by Gasteiger charge is 2.33. The summed E-state index contributed by atoms with van der Waals surface area (Å²) in [6.07, 6.45) is -4.80. The topological polar surface area (TPSA) is 41.1 Å². The second-order valence-electron chi connectivity index (χ2n) is 5.11. The van der Waals surface area contributed by atoms with Gasteiger partial charge in [-0.25, -0.2) is 0 Å². The van der Waals surface area contributed by atoms with E-state index in [-0.39, 0.29) is 12.0 Å². The second-order valence-corrected chi connectivity index (χ2v) is 5.11. The van der Waals surface area contributed by atoms with Gasteiger partial charge in [0, 0.05) is 12.2 Å². The zero-order valence-electron chi connectivity index (χ0n) is 12.6. The number of amides is 1. The van der Waals surface area contributed by atoms with Crippen LogP contribution in [0.1, 0.15) is 16.7 Å². The van der Waals surface area contributed by atoms with E-state index in [1.54, 1.807) is 25.2 Å². The van der Waals surface area contributed by atoms with Crippen LogP contribution in [0, 0.1) is 0 Å². The molecule has 2 aromatic carbocycles. The number of hydrogen-bond donors (Lipinski definition) is 2. The van der Waals surface area contributed by atoms with Gasteiger partial charge in [-0.15, -0.1) is 0 Å². The number of benzene rings is 2. The summed E-state index contributed by atoms with van der Waals surface area (Å²) in [7, 11) is 1.80. The monoisotopic (exact) mass is 322 g/mol. The fraction of sp³-hybridized carbons (Fsp3) is 0.235. The van der Waals surface area contributed by atoms with Crippen molar-refractivity contribution in [3.05, 3.63) is 65.2 Å². The second kappa shape index (κ2) is 7.28. The average Bonchev–Trinajstić information content (AvgIpc) is 2.47. The van der Waals surface area contributed by atoms with Crippen LogP contribution in [-0.2, 0) is 23.9 Å². The van der Waals surface area contributed by atoms with Crippen LogP contribution in [0.15, 0.2) is 48.5 Å². The van der Waals surface area contributed by atoms with E-state index >= 15 is 0 Å². The number of carbonyl (C=O) groups is 1. The van der Waals surface area contributed by atoms with E-state index in [2.05, 4.69) is 10.6 Å². The number of carbonyl (C=O) groups excluding carboxylic acids is 1. The van der Waals surface area contributed by atoms with Crippen molar-refractivity contribution >= 4 is 11.6 Å². The molecule has 0 spiro atoms. The maximum Gasteiger partial charge on any atom is 0.416 e. The summed E-state index contributed by atoms with van der Waals surface area (Å²) < 4.78 is 38.8. The first-order chi connectivity index (χ1) is 10.9. The molecule has 0 radical (unpaired) electrons. The van der Waals surface area contributed by atoms with E-state index in [4.69, 9.17) is 0 Å². The Morgan fingerprint density at radius 1 is 1.09 bits per heavy atom. The minimum Gasteiger partial charge on any atom is -0.326 e. The molecule has 0 aliphatic rings. The lowest BCUT2D eigenvalue weighted by atomic mass is 10.0. The van der Waals surface area contributed by atoms with Gasteiger partial charge in [0.15, 0.2) is 0 Å². The Morgan fingerprint density at radius 2 is 1.83 bits per heavy atom. The maximum atomic E-state index is 12.9. The van der Waals surface area contributed by atoms with Crippen LogP contribution in [0.4, 0.5) is 18.9 Å². The van der Waals surface area contributed by atoms with Gasteiger partial charge in [0.05, 0.1) is 12.0 Å². The van der Waals surface area contributed by atoms with Crippen molar-refractivity contribution in [2.24, 2.45) is 0 Å². The van der Waals surface area contributed by atoms with Crippen molar-refractivity contribution in [3.63, 3.8) is 0 Å². The van der Waals surface area contributed by atoms with Gasteiger partial charge < -0.3 is 10.6 Å². The number of hydrogen-bond acceptors (Lipinski definition) is 2. The molecule has 0 saturated carbocycles. The van der Waals surface area contributed by atoms with Gasteiger partial charge in [0.1, 0.15) is 0 Å². The lowest BCUT2D eigenvalue weighted by molar-refractivity contribution is -0.138. The Kier molecular flexibility index (Phi) is 5.39. The first-order valence-corrected chi connectivity index (χ1v) is 7.08. The van der Waals surface area contributed by atoms with Crippen LogP contribution in [0.3, 0.4) is 0 Å². The molecule has 0 saturated heterocycles. The highest BCUT2D eigenvalue weighted by atomic mass is 19.4. The predicted octanol–water partition coefficient (Wildman–Crippen LogP) is 3.61. The third-order valence-corrected chi connectivity index (χ3v) is 3.27. The van der Waals surface area contributed by atoms with Gasteiger partial charge in [-0.2, -0.15) is 13.2 Å². The Hall–Kier alpha value is -2.34. The fourth-order valence-corrected chi connectivity index (χ4v) is 2.29. The first-order valence-electron chi connectivity index (χ1n) is 7.08. The summed E-state index contributed by atoms with van der Waals surface area (Å²) in [5.41, 5.74) is 0.719. The standard InChI is InChI=1S/C17H17F3N2O/c1-21-11-12-5-4-7-14(9-12)22-16(23)10-13-6-2-3-8-15(13)17(18,19)20/h2-9,21H,10-11H2,1H3,(H,22,23). The minimum absolute atomic E-state index is 0.0381. The van der Waals surface area contributed by atoms with Crippen molar-refractivity contribution in [1.82, 2.24) is 5.32 Å². The van der Waals surface area contributed by atoms with E-state index in [0.717, 1.165) is 11.6 Å². The molecule has 1 amide bonds. The van der Waals surface area contributed by atoms with Gasteiger partial charge in [-0.05, 0) is 36.4 Å². The molecule has 2 aromatic rings. The molecule has 0 fully saturated rings. The SMILES string of the molecule is CNCc1cccc(NC(=O)Cc2ccccc2C(F)(F)F)c1. The molecule has 0 unspecified atom stereocenters. The van der Waals surface area contributed by atoms with E-state index < -0.39 is 17.6 Å². The Labute approximate surface area is 132 Å². The summed E-state index contributed by atoms with van der Waals surface area (Å²) in [6.45, 7) is 0.640. The molecular weight excluding hydrogens is 305 g/mol. The van der Waals surface area contributed by atoms with Crippen molar-refractivity contribution in [1.29, 1.82) is 0 Å². The van der Waals surface area contributed by atoms with Crippen LogP contribution in [-0.4, -0.2) is 13.0 Å². The minimum atomic E-state index is -4.47. The Bertz CT molecular complexity index is 684. The third kappa shape index (κ3) is 4.82. The molecule has 0 aliphatic carbocycles. The van der Waals surface area contributed by atoms with Crippen LogP contribution < -0.4 is 10.6 Å². The summed E-state index contributed by atoms with van der Waals surface area (Å²) in [5, 5.41) is 5.62. The van der Waals surface area contributed by atoms with E-state index in [9.17, 15) is 18.0 Å². The fourth-order valence-electron chi connectivity index (χ4n) is 2.29. The van der Waals surface area contributed by atoms with Gasteiger partial charge in [0.2, 0.25) is 5.91 Å². The van der Waals surface area contributed by atoms with Gasteiger partial charge in [-0.3, -0.25) is 4.79 Å². The zero-order valence-corrected chi connectivity index (χ0v) is 12.6. The number of alkyl halides is 3. The Balaban J connectivity index is 2.10. The molecular formula is C17H17F3N2O. The highest BCUT2D eigenvalue weighted by molar-refractivity contribution is 5.92. The van der Waals surface area contributed by atoms with Crippen molar-refractivity contribution in [2.75, 3.05) is 12.4 Å². The van der Waals surface area contributed by atoms with Crippen LogP contribution in [0.2, 0.25) is 0 Å². The maximum absolute atomic E-state index is 12.9. The van der Waals surface area contributed by atoms with Crippen LogP contribution in [0.25, 0.3) is 0 Å². The van der Waals surface area contributed by atoms with E-state index in [1.807, 2.05) is 6.07 Å². The van der Waals surface area contributed by atoms with Crippen molar-refractivity contribution < 1.29 is 18.0 Å². The lowest BCUT2D eigenvalue weighted by Crippen LogP contribution is -2.18. The molecule has 3 nitrogen and oxygen atoms in total. The van der Waals surface area contributed by atoms with Gasteiger partial charge >= 0.3 is 6.18 Å². The summed E-state index contributed by atoms with van der Waals surface area (Å²) in [6, 6.07) is 12.3. The molecule has 6 heteroatoms. The van der Waals surface area contributed by atoms with Crippen LogP contribution >= 0.6 is 0 Å². The number of nitrogens with one attached hydrogen (secondary N) is 2. The summed E-state index contributed by atoms with van der Waals surface area (Å²) >= 11 is 0. The molecule has 0 aromatic heterocycles. The van der Waals surface area contributed by atoms with Gasteiger partial charge in [0.25, 0.3) is 0 Å². The summed E-state index contributed by atoms with van der Waals surface area (Å²) in [5.74, 6) is -0.483. The number of halogens is 3. The number of rotatable bonds is 5. The molecule has 2 N–H and O–H groups in total. The first kappa shape index (κ1) is 17.0. The zero-order chi connectivity index (χ0) is 16.9. The third-order valence-electron chi connectivity index (χ3n) is 3.27. The highest BCUT2D eigenvalue weighted by Crippen LogP contribution is 2.32. The molecule has 0 bridgehead atoms. The predicted molar refractivity (Wildman–Crippen MR) is 83.0 cm³/mol. The van der Waals surface area contributed by atoms with E-state index in [1.165, 1.54) is 18.2 Å². The molecule has 0 atom stereocenters. The van der Waals surface area contributed by atoms with Crippen LogP contribution in [0.5, 0.6) is 0 Å². The lowest BCUT2D eigenvalue weighted by Gasteiger charge is -2.13. The largest absolute Gasteiger partial charge is 0.416 e. The quantitative estimate of drug-likeness (QED) is 0.883. The molecule has 2 rings (SSSR count). The number of anilines is 1. The summed E-state index contributed by atoms with van der Waals surface area (Å²) in [4.78, 5) is 12.0. The van der Waals surface area contributed by atoms with E-state index in [0.29, 0.717) is 12.2 Å². The molecule has 23 heavy (non-hydrogen) atoms. The van der Waals surface area contributed by atoms with Crippen molar-refractivity contribution in [3.8, 4) is 0 Å².